The Labute approximate surface area is 359 Å². The normalized spacial score (nSPS) is 18.7. The third-order valence-electron chi connectivity index (χ3n) is 12.5. The molecule has 0 saturated carbocycles. The number of fused-ring (bicyclic) bond motifs is 2. The van der Waals surface area contributed by atoms with Crippen LogP contribution in [0.4, 0.5) is 0 Å². The molecule has 0 radical (unpaired) electrons. The highest BCUT2D eigenvalue weighted by Gasteiger charge is 2.51. The average Bonchev–Trinajstić information content (AvgIpc) is 4.07. The number of aromatic amines is 1. The number of phenols is 1. The van der Waals surface area contributed by atoms with Crippen LogP contribution in [-0.2, 0) is 40.8 Å². The molecule has 14 nitrogen and oxygen atoms in total. The zero-order valence-electron chi connectivity index (χ0n) is 34.7. The number of phenolic OH excluding ortho intramolecular Hbond substituents is 1. The van der Waals surface area contributed by atoms with E-state index in [9.17, 15) is 24.3 Å². The number of furan rings is 1. The molecule has 6 heterocycles. The molecule has 0 bridgehead atoms. The van der Waals surface area contributed by atoms with Crippen LogP contribution >= 0.6 is 0 Å². The second-order valence-corrected chi connectivity index (χ2v) is 16.5. The van der Waals surface area contributed by atoms with Gasteiger partial charge in [-0.05, 0) is 66.3 Å². The van der Waals surface area contributed by atoms with Gasteiger partial charge in [0.05, 0.1) is 30.4 Å². The number of carbonyl (C=O) groups excluding carboxylic acids is 4. The van der Waals surface area contributed by atoms with Crippen LogP contribution in [0, 0.1) is 0 Å². The summed E-state index contributed by atoms with van der Waals surface area (Å²) in [6.45, 7) is 5.58. The van der Waals surface area contributed by atoms with E-state index in [-0.39, 0.29) is 74.3 Å². The number of H-pyrrole nitrogens is 1. The monoisotopic (exact) mass is 834 g/mol. The number of piperazine rings is 1. The van der Waals surface area contributed by atoms with Gasteiger partial charge in [0.2, 0.25) is 17.7 Å². The van der Waals surface area contributed by atoms with Gasteiger partial charge in [-0.3, -0.25) is 24.3 Å². The number of aromatic hydroxyl groups is 1. The van der Waals surface area contributed by atoms with Crippen molar-refractivity contribution in [1.82, 2.24) is 39.5 Å². The average molecular weight is 835 g/mol. The molecule has 3 aliphatic heterocycles. The summed E-state index contributed by atoms with van der Waals surface area (Å²) in [6, 6.07) is 27.1. The molecule has 2 N–H and O–H groups in total. The Morgan fingerprint density at radius 2 is 1.76 bits per heavy atom. The molecule has 3 aromatic heterocycles. The van der Waals surface area contributed by atoms with Gasteiger partial charge in [0, 0.05) is 69.3 Å². The topological polar surface area (TPSA) is 151 Å². The molecule has 3 saturated heterocycles. The fraction of sp³-hybridized carbons (Fsp3) is 0.312. The largest absolute Gasteiger partial charge is 0.508 e. The van der Waals surface area contributed by atoms with Crippen molar-refractivity contribution in [2.45, 2.75) is 56.8 Å². The zero-order chi connectivity index (χ0) is 42.9. The minimum absolute atomic E-state index is 0.0431. The van der Waals surface area contributed by atoms with Crippen LogP contribution in [0.3, 0.4) is 0 Å². The van der Waals surface area contributed by atoms with E-state index < -0.39 is 12.2 Å². The Morgan fingerprint density at radius 3 is 2.50 bits per heavy atom. The summed E-state index contributed by atoms with van der Waals surface area (Å²) < 4.78 is 7.47. The minimum Gasteiger partial charge on any atom is -0.508 e. The van der Waals surface area contributed by atoms with Crippen molar-refractivity contribution >= 4 is 34.5 Å². The molecule has 3 aromatic carbocycles. The SMILES string of the molecule is C=CCN1CC(=O)N2[C@@H](Cc3ccc(O)cc3)C(=O)N(Cc3cccc4c(C(=O)N5CCC(c6cc(-c7ccco7)n[nH]6)CC5)cn(C)c34)C[C@@H]2N1C(=O)CCc1ccccc1. The summed E-state index contributed by atoms with van der Waals surface area (Å²) in [4.78, 5) is 62.8. The fourth-order valence-electron chi connectivity index (χ4n) is 9.49. The number of hydrogen-bond acceptors (Lipinski definition) is 8. The van der Waals surface area contributed by atoms with Crippen molar-refractivity contribution < 1.29 is 28.7 Å². The summed E-state index contributed by atoms with van der Waals surface area (Å²) >= 11 is 0. The molecular formula is C48H50N8O6. The van der Waals surface area contributed by atoms with Gasteiger partial charge in [0.15, 0.2) is 5.76 Å². The molecule has 9 rings (SSSR count). The maximum absolute atomic E-state index is 14.8. The Morgan fingerprint density at radius 1 is 0.968 bits per heavy atom. The standard InChI is InChI=1S/C48H50N8O6/c1-3-22-54-31-45(59)55-41(26-33-14-17-36(57)18-15-33)48(61)53(30-43(55)56(54)44(58)19-16-32-9-5-4-6-10-32)28-35-11-7-12-37-38(29-51(2)46(35)37)47(60)52-23-20-34(21-24-52)39-27-40(50-49-39)42-13-8-25-62-42/h3-15,17-18,25,27,29,34,41,43,57H,1,16,19-24,26,28,30-31H2,2H3,(H,49,50)/t41-,43-/m0/s1. The van der Waals surface area contributed by atoms with Gasteiger partial charge in [0.1, 0.15) is 23.7 Å². The molecule has 0 unspecified atom stereocenters. The summed E-state index contributed by atoms with van der Waals surface area (Å²) in [5, 5.41) is 21.8. The van der Waals surface area contributed by atoms with Crippen molar-refractivity contribution in [3.63, 3.8) is 0 Å². The van der Waals surface area contributed by atoms with E-state index in [1.54, 1.807) is 56.4 Å². The van der Waals surface area contributed by atoms with Crippen LogP contribution in [0.2, 0.25) is 0 Å². The number of hydrogen-bond donors (Lipinski definition) is 2. The Bertz CT molecular complexity index is 2590. The highest BCUT2D eigenvalue weighted by Crippen LogP contribution is 2.34. The van der Waals surface area contributed by atoms with E-state index in [4.69, 9.17) is 4.42 Å². The maximum Gasteiger partial charge on any atom is 0.256 e. The number of amides is 4. The molecule has 0 aliphatic carbocycles. The van der Waals surface area contributed by atoms with Gasteiger partial charge in [-0.25, -0.2) is 10.0 Å². The molecule has 3 fully saturated rings. The fourth-order valence-corrected chi connectivity index (χ4v) is 9.49. The number of hydrazine groups is 1. The number of para-hydroxylation sites is 1. The summed E-state index contributed by atoms with van der Waals surface area (Å²) in [6.07, 6.45) is 6.91. The van der Waals surface area contributed by atoms with Crippen molar-refractivity contribution in [3.8, 4) is 17.2 Å². The molecule has 3 aliphatic rings. The van der Waals surface area contributed by atoms with E-state index >= 15 is 0 Å². The highest BCUT2D eigenvalue weighted by molar-refractivity contribution is 6.07. The quantitative estimate of drug-likeness (QED) is 0.145. The van der Waals surface area contributed by atoms with Gasteiger partial charge in [-0.1, -0.05) is 66.7 Å². The number of nitrogens with one attached hydrogen (secondary N) is 1. The first kappa shape index (κ1) is 40.5. The first-order chi connectivity index (χ1) is 30.2. The van der Waals surface area contributed by atoms with E-state index in [0.29, 0.717) is 30.8 Å². The molecule has 6 aromatic rings. The lowest BCUT2D eigenvalue weighted by atomic mass is 9.93. The van der Waals surface area contributed by atoms with Gasteiger partial charge in [-0.15, -0.1) is 6.58 Å². The lowest BCUT2D eigenvalue weighted by Gasteiger charge is -2.55. The number of aromatic nitrogens is 3. The second kappa shape index (κ2) is 17.2. The van der Waals surface area contributed by atoms with Crippen molar-refractivity contribution in [3.05, 3.63) is 144 Å². The van der Waals surface area contributed by atoms with E-state index in [0.717, 1.165) is 51.8 Å². The lowest BCUT2D eigenvalue weighted by Crippen LogP contribution is -2.75. The Hall–Kier alpha value is -6.93. The van der Waals surface area contributed by atoms with Crippen LogP contribution < -0.4 is 0 Å². The number of rotatable bonds is 12. The third-order valence-corrected chi connectivity index (χ3v) is 12.5. The second-order valence-electron chi connectivity index (χ2n) is 16.5. The predicted molar refractivity (Wildman–Crippen MR) is 232 cm³/mol. The first-order valence-corrected chi connectivity index (χ1v) is 21.2. The van der Waals surface area contributed by atoms with Gasteiger partial charge >= 0.3 is 0 Å². The van der Waals surface area contributed by atoms with Crippen LogP contribution in [-0.4, -0.2) is 113 Å². The van der Waals surface area contributed by atoms with Crippen molar-refractivity contribution in [2.75, 3.05) is 32.7 Å². The maximum atomic E-state index is 14.8. The number of benzene rings is 3. The predicted octanol–water partition coefficient (Wildman–Crippen LogP) is 5.87. The molecule has 4 amide bonds. The number of likely N-dealkylation sites (tertiary alicyclic amines) is 1. The number of aryl methyl sites for hydroxylation is 2. The Kier molecular flexibility index (Phi) is 11.2. The van der Waals surface area contributed by atoms with Crippen LogP contribution in [0.15, 0.2) is 121 Å². The van der Waals surface area contributed by atoms with Crippen LogP contribution in [0.5, 0.6) is 5.75 Å². The third kappa shape index (κ3) is 7.89. The van der Waals surface area contributed by atoms with E-state index in [2.05, 4.69) is 16.8 Å². The molecular weight excluding hydrogens is 785 g/mol. The lowest BCUT2D eigenvalue weighted by molar-refractivity contribution is -0.205. The van der Waals surface area contributed by atoms with Gasteiger partial charge in [-0.2, -0.15) is 5.10 Å². The molecule has 0 spiro atoms. The number of nitrogens with zero attached hydrogens (tertiary/aromatic N) is 7. The zero-order valence-corrected chi connectivity index (χ0v) is 34.7. The summed E-state index contributed by atoms with van der Waals surface area (Å²) in [5.41, 5.74) is 5.86. The van der Waals surface area contributed by atoms with Gasteiger partial charge < -0.3 is 28.8 Å². The van der Waals surface area contributed by atoms with Crippen molar-refractivity contribution in [1.29, 1.82) is 0 Å². The summed E-state index contributed by atoms with van der Waals surface area (Å²) in [5.74, 6) is 0.357. The first-order valence-electron chi connectivity index (χ1n) is 21.2. The van der Waals surface area contributed by atoms with Crippen LogP contribution in [0.25, 0.3) is 22.4 Å². The minimum atomic E-state index is -0.910. The van der Waals surface area contributed by atoms with Crippen LogP contribution in [0.1, 0.15) is 57.9 Å². The molecule has 2 atom stereocenters. The smallest absolute Gasteiger partial charge is 0.256 e. The Balaban J connectivity index is 0.984. The molecule has 318 valence electrons. The van der Waals surface area contributed by atoms with Gasteiger partial charge in [0.25, 0.3) is 5.91 Å². The number of carbonyl (C=O) groups is 4. The molecule has 14 heteroatoms. The number of piperidine rings is 1. The highest BCUT2D eigenvalue weighted by atomic mass is 16.3. The summed E-state index contributed by atoms with van der Waals surface area (Å²) in [7, 11) is 1.91. The van der Waals surface area contributed by atoms with Crippen molar-refractivity contribution in [2.24, 2.45) is 7.05 Å². The molecule has 62 heavy (non-hydrogen) atoms. The van der Waals surface area contributed by atoms with E-state index in [1.165, 1.54) is 0 Å². The van der Waals surface area contributed by atoms with E-state index in [1.807, 2.05) is 89.4 Å².